The molecule has 1 aliphatic heterocycles. The number of halogens is 1. The molecule has 1 N–H and O–H groups in total. The molecule has 0 saturated carbocycles. The molecule has 1 atom stereocenters. The predicted molar refractivity (Wildman–Crippen MR) is 87.3 cm³/mol. The first-order valence-electron chi connectivity index (χ1n) is 7.97. The second kappa shape index (κ2) is 7.03. The van der Waals surface area contributed by atoms with Gasteiger partial charge in [0.1, 0.15) is 5.82 Å². The van der Waals surface area contributed by atoms with Gasteiger partial charge in [-0.15, -0.1) is 0 Å². The Morgan fingerprint density at radius 3 is 2.73 bits per heavy atom. The summed E-state index contributed by atoms with van der Waals surface area (Å²) in [5.41, 5.74) is 4.45. The van der Waals surface area contributed by atoms with E-state index in [1.165, 1.54) is 17.2 Å². The van der Waals surface area contributed by atoms with Crippen molar-refractivity contribution in [1.82, 2.24) is 5.32 Å². The van der Waals surface area contributed by atoms with Crippen molar-refractivity contribution < 1.29 is 9.13 Å². The third-order valence-electron chi connectivity index (χ3n) is 4.25. The van der Waals surface area contributed by atoms with Crippen molar-refractivity contribution in [3.05, 3.63) is 59.4 Å². The number of benzene rings is 2. The molecule has 22 heavy (non-hydrogen) atoms. The average molecular weight is 299 g/mol. The van der Waals surface area contributed by atoms with Crippen LogP contribution in [0, 0.1) is 5.82 Å². The maximum absolute atomic E-state index is 13.7. The normalized spacial score (nSPS) is 17.8. The van der Waals surface area contributed by atoms with Crippen LogP contribution in [0.4, 0.5) is 4.39 Å². The van der Waals surface area contributed by atoms with Gasteiger partial charge in [-0.2, -0.15) is 0 Å². The Morgan fingerprint density at radius 1 is 1.14 bits per heavy atom. The Bertz CT molecular complexity index is 635. The Morgan fingerprint density at radius 2 is 1.95 bits per heavy atom. The molecule has 1 heterocycles. The van der Waals surface area contributed by atoms with E-state index in [9.17, 15) is 4.39 Å². The minimum atomic E-state index is -0.208. The number of hydrogen-bond donors (Lipinski definition) is 1. The van der Waals surface area contributed by atoms with E-state index in [0.29, 0.717) is 6.61 Å². The van der Waals surface area contributed by atoms with Crippen LogP contribution in [0.1, 0.15) is 24.5 Å². The van der Waals surface area contributed by atoms with E-state index < -0.39 is 0 Å². The molecule has 0 aromatic heterocycles. The third kappa shape index (κ3) is 3.37. The van der Waals surface area contributed by atoms with Gasteiger partial charge in [-0.1, -0.05) is 37.3 Å². The molecule has 0 unspecified atom stereocenters. The second-order valence-corrected chi connectivity index (χ2v) is 5.74. The number of nitrogens with one attached hydrogen (secondary N) is 1. The fraction of sp³-hybridized carbons (Fsp3) is 0.368. The van der Waals surface area contributed by atoms with Gasteiger partial charge in [0.2, 0.25) is 0 Å². The van der Waals surface area contributed by atoms with Crippen molar-refractivity contribution in [3.63, 3.8) is 0 Å². The highest BCUT2D eigenvalue weighted by molar-refractivity contribution is 5.70. The molecule has 2 aromatic rings. The fourth-order valence-electron chi connectivity index (χ4n) is 3.01. The summed E-state index contributed by atoms with van der Waals surface area (Å²) < 4.78 is 19.6. The minimum absolute atomic E-state index is 0.208. The van der Waals surface area contributed by atoms with Crippen molar-refractivity contribution in [3.8, 4) is 11.1 Å². The van der Waals surface area contributed by atoms with Crippen LogP contribution in [0.5, 0.6) is 0 Å². The van der Waals surface area contributed by atoms with Gasteiger partial charge in [-0.25, -0.2) is 4.39 Å². The topological polar surface area (TPSA) is 21.3 Å². The van der Waals surface area contributed by atoms with Crippen molar-refractivity contribution >= 4 is 0 Å². The summed E-state index contributed by atoms with van der Waals surface area (Å²) in [7, 11) is 0. The number of hydrogen-bond acceptors (Lipinski definition) is 2. The largest absolute Gasteiger partial charge is 0.372 e. The summed E-state index contributed by atoms with van der Waals surface area (Å²) in [5.74, 6) is -0.208. The van der Waals surface area contributed by atoms with E-state index in [4.69, 9.17) is 4.74 Å². The summed E-state index contributed by atoms with van der Waals surface area (Å²) in [5, 5.41) is 3.29. The van der Waals surface area contributed by atoms with Crippen molar-refractivity contribution in [2.24, 2.45) is 0 Å². The lowest BCUT2D eigenvalue weighted by Crippen LogP contribution is -2.16. The third-order valence-corrected chi connectivity index (χ3v) is 4.25. The molecular formula is C19H22FNO. The molecule has 3 rings (SSSR count). The first-order valence-corrected chi connectivity index (χ1v) is 7.97. The Balaban J connectivity index is 1.89. The molecule has 0 radical (unpaired) electrons. The van der Waals surface area contributed by atoms with Gasteiger partial charge >= 0.3 is 0 Å². The van der Waals surface area contributed by atoms with Crippen LogP contribution in [0.2, 0.25) is 0 Å². The van der Waals surface area contributed by atoms with E-state index in [1.807, 2.05) is 18.2 Å². The molecular weight excluding hydrogens is 277 g/mol. The monoisotopic (exact) mass is 299 g/mol. The average Bonchev–Trinajstić information content (AvgIpc) is 3.06. The summed E-state index contributed by atoms with van der Waals surface area (Å²) >= 11 is 0. The summed E-state index contributed by atoms with van der Waals surface area (Å²) in [6, 6.07) is 13.3. The van der Waals surface area contributed by atoms with Gasteiger partial charge in [0.25, 0.3) is 0 Å². The first-order chi connectivity index (χ1) is 10.8. The number of rotatable bonds is 5. The zero-order valence-corrected chi connectivity index (χ0v) is 12.9. The number of ether oxygens (including phenoxy) is 1. The van der Waals surface area contributed by atoms with Crippen LogP contribution in [-0.4, -0.2) is 19.2 Å². The van der Waals surface area contributed by atoms with Crippen LogP contribution in [0.25, 0.3) is 11.1 Å². The van der Waals surface area contributed by atoms with Crippen molar-refractivity contribution in [2.75, 3.05) is 13.1 Å². The van der Waals surface area contributed by atoms with E-state index in [-0.39, 0.29) is 11.9 Å². The van der Waals surface area contributed by atoms with Crippen molar-refractivity contribution in [2.45, 2.75) is 32.5 Å². The lowest BCUT2D eigenvalue weighted by Gasteiger charge is -2.16. The van der Waals surface area contributed by atoms with E-state index in [2.05, 4.69) is 24.4 Å². The highest BCUT2D eigenvalue weighted by Gasteiger charge is 2.16. The second-order valence-electron chi connectivity index (χ2n) is 5.74. The molecule has 0 amide bonds. The fourth-order valence-corrected chi connectivity index (χ4v) is 3.01. The van der Waals surface area contributed by atoms with Crippen molar-refractivity contribution in [1.29, 1.82) is 0 Å². The summed E-state index contributed by atoms with van der Waals surface area (Å²) in [6.07, 6.45) is 2.22. The predicted octanol–water partition coefficient (Wildman–Crippen LogP) is 3.93. The quantitative estimate of drug-likeness (QED) is 0.903. The zero-order chi connectivity index (χ0) is 15.4. The van der Waals surface area contributed by atoms with E-state index in [1.54, 1.807) is 6.07 Å². The molecule has 0 bridgehead atoms. The molecule has 1 fully saturated rings. The highest BCUT2D eigenvalue weighted by atomic mass is 19.1. The molecule has 116 valence electrons. The highest BCUT2D eigenvalue weighted by Crippen LogP contribution is 2.29. The van der Waals surface area contributed by atoms with Gasteiger partial charge < -0.3 is 10.1 Å². The summed E-state index contributed by atoms with van der Waals surface area (Å²) in [6.45, 7) is 4.48. The van der Waals surface area contributed by atoms with E-state index in [0.717, 1.165) is 37.1 Å². The van der Waals surface area contributed by atoms with E-state index >= 15 is 0 Å². The van der Waals surface area contributed by atoms with Gasteiger partial charge in [-0.05, 0) is 53.8 Å². The Labute approximate surface area is 131 Å². The van der Waals surface area contributed by atoms with Crippen LogP contribution < -0.4 is 5.32 Å². The Hall–Kier alpha value is -1.71. The van der Waals surface area contributed by atoms with Gasteiger partial charge in [-0.3, -0.25) is 0 Å². The van der Waals surface area contributed by atoms with Crippen LogP contribution in [-0.2, 0) is 17.8 Å². The molecule has 0 spiro atoms. The maximum Gasteiger partial charge on any atom is 0.123 e. The lowest BCUT2D eigenvalue weighted by atomic mass is 9.94. The smallest absolute Gasteiger partial charge is 0.123 e. The molecule has 2 nitrogen and oxygen atoms in total. The molecule has 1 saturated heterocycles. The molecule has 0 aliphatic carbocycles. The lowest BCUT2D eigenvalue weighted by molar-refractivity contribution is 0.0543. The standard InChI is InChI=1S/C19H22FNO/c1-2-14-5-3-4-6-18(14)19-8-7-16(20)11-15(19)13-22-17-9-10-21-12-17/h3-8,11,17,21H,2,9-10,12-13H2,1H3/t17-/m0/s1. The van der Waals surface area contributed by atoms with Crippen LogP contribution in [0.3, 0.4) is 0 Å². The van der Waals surface area contributed by atoms with Gasteiger partial charge in [0, 0.05) is 6.54 Å². The SMILES string of the molecule is CCc1ccccc1-c1ccc(F)cc1CO[C@H]1CCNC1. The minimum Gasteiger partial charge on any atom is -0.372 e. The number of aryl methyl sites for hydroxylation is 1. The maximum atomic E-state index is 13.7. The van der Waals surface area contributed by atoms with Gasteiger partial charge in [0.15, 0.2) is 0 Å². The van der Waals surface area contributed by atoms with Gasteiger partial charge in [0.05, 0.1) is 12.7 Å². The molecule has 1 aliphatic rings. The Kier molecular flexibility index (Phi) is 4.86. The molecule has 3 heteroatoms. The zero-order valence-electron chi connectivity index (χ0n) is 12.9. The summed E-state index contributed by atoms with van der Waals surface area (Å²) in [4.78, 5) is 0. The first kappa shape index (κ1) is 15.2. The molecule has 2 aromatic carbocycles. The van der Waals surface area contributed by atoms with Crippen LogP contribution in [0.15, 0.2) is 42.5 Å². The van der Waals surface area contributed by atoms with Crippen LogP contribution >= 0.6 is 0 Å².